The van der Waals surface area contributed by atoms with Crippen LogP contribution in [0.3, 0.4) is 0 Å². The molecule has 0 atom stereocenters. The molecule has 6 nitrogen and oxygen atoms in total. The topological polar surface area (TPSA) is 69.1 Å². The smallest absolute Gasteiger partial charge is 0.164 e. The Hall–Kier alpha value is -6.66. The Morgan fingerprint density at radius 3 is 2.02 bits per heavy atom. The summed E-state index contributed by atoms with van der Waals surface area (Å²) in [5, 5.41) is 3.16. The average molecular weight is 616 g/mol. The van der Waals surface area contributed by atoms with E-state index in [1.807, 2.05) is 66.7 Å². The molecule has 0 unspecified atom stereocenters. The second kappa shape index (κ2) is 10.4. The van der Waals surface area contributed by atoms with E-state index in [-0.39, 0.29) is 0 Å². The highest BCUT2D eigenvalue weighted by Gasteiger charge is 2.19. The first-order valence-corrected chi connectivity index (χ1v) is 15.9. The summed E-state index contributed by atoms with van der Waals surface area (Å²) in [7, 11) is 0. The van der Waals surface area contributed by atoms with Crippen LogP contribution in [0.25, 0.3) is 94.8 Å². The van der Waals surface area contributed by atoms with Gasteiger partial charge in [0.25, 0.3) is 0 Å². The molecular weight excluding hydrogens is 590 g/mol. The minimum atomic E-state index is 0.592. The van der Waals surface area contributed by atoms with Crippen molar-refractivity contribution in [1.29, 1.82) is 0 Å². The fourth-order valence-electron chi connectivity index (χ4n) is 6.82. The van der Waals surface area contributed by atoms with E-state index in [1.54, 1.807) is 0 Å². The second-order valence-electron chi connectivity index (χ2n) is 11.9. The second-order valence-corrected chi connectivity index (χ2v) is 11.9. The van der Waals surface area contributed by atoms with Crippen molar-refractivity contribution < 1.29 is 4.42 Å². The van der Waals surface area contributed by atoms with E-state index in [9.17, 15) is 0 Å². The Labute approximate surface area is 274 Å². The van der Waals surface area contributed by atoms with Gasteiger partial charge >= 0.3 is 0 Å². The Kier molecular flexibility index (Phi) is 5.77. The number of hydrogen-bond donors (Lipinski definition) is 0. The molecule has 0 saturated heterocycles. The van der Waals surface area contributed by atoms with Crippen molar-refractivity contribution in [2.75, 3.05) is 0 Å². The zero-order chi connectivity index (χ0) is 31.6. The molecule has 48 heavy (non-hydrogen) atoms. The van der Waals surface area contributed by atoms with Crippen LogP contribution in [-0.2, 0) is 0 Å². The fraction of sp³-hybridized carbons (Fsp3) is 0. The van der Waals surface area contributed by atoms with Crippen LogP contribution in [0.5, 0.6) is 0 Å². The van der Waals surface area contributed by atoms with Gasteiger partial charge in [-0.25, -0.2) is 19.9 Å². The van der Waals surface area contributed by atoms with E-state index in [4.69, 9.17) is 24.4 Å². The van der Waals surface area contributed by atoms with Crippen molar-refractivity contribution in [1.82, 2.24) is 24.3 Å². The average Bonchev–Trinajstić information content (AvgIpc) is 3.74. The first-order valence-electron chi connectivity index (χ1n) is 15.9. The molecule has 6 heteroatoms. The summed E-state index contributed by atoms with van der Waals surface area (Å²) in [5.74, 6) is 1.79. The van der Waals surface area contributed by atoms with Gasteiger partial charge in [-0.2, -0.15) is 0 Å². The molecule has 224 valence electrons. The van der Waals surface area contributed by atoms with Crippen molar-refractivity contribution in [3.05, 3.63) is 152 Å². The first-order chi connectivity index (χ1) is 23.8. The van der Waals surface area contributed by atoms with Gasteiger partial charge in [-0.05, 0) is 53.4 Å². The van der Waals surface area contributed by atoms with Crippen LogP contribution in [0.1, 0.15) is 0 Å². The van der Waals surface area contributed by atoms with Crippen molar-refractivity contribution in [2.24, 2.45) is 0 Å². The molecule has 0 N–H and O–H groups in total. The van der Waals surface area contributed by atoms with E-state index in [1.165, 1.54) is 0 Å². The molecule has 0 aliphatic carbocycles. The quantitative estimate of drug-likeness (QED) is 0.197. The van der Waals surface area contributed by atoms with Crippen molar-refractivity contribution in [2.45, 2.75) is 0 Å². The SMILES string of the molecule is c1ccc(-c2nc(-c3cccc(-c4cc5ccccc5n5c4nc4ccccc45)c3)nc(-c3cccc4oc5ccccc5c34)n2)cc1. The van der Waals surface area contributed by atoms with E-state index >= 15 is 0 Å². The summed E-state index contributed by atoms with van der Waals surface area (Å²) in [6.07, 6.45) is 0. The number of nitrogens with zero attached hydrogens (tertiary/aromatic N) is 5. The van der Waals surface area contributed by atoms with Gasteiger partial charge in [-0.1, -0.05) is 109 Å². The van der Waals surface area contributed by atoms with Crippen molar-refractivity contribution in [3.8, 4) is 45.3 Å². The van der Waals surface area contributed by atoms with Crippen LogP contribution < -0.4 is 0 Å². The number of pyridine rings is 1. The maximum atomic E-state index is 6.22. The number of furan rings is 1. The van der Waals surface area contributed by atoms with Gasteiger partial charge in [-0.3, -0.25) is 4.40 Å². The van der Waals surface area contributed by atoms with Crippen molar-refractivity contribution in [3.63, 3.8) is 0 Å². The van der Waals surface area contributed by atoms with E-state index in [2.05, 4.69) is 89.3 Å². The number of fused-ring (bicyclic) bond motifs is 8. The van der Waals surface area contributed by atoms with Gasteiger partial charge in [-0.15, -0.1) is 0 Å². The molecule has 0 bridgehead atoms. The minimum Gasteiger partial charge on any atom is -0.456 e. The zero-order valence-corrected chi connectivity index (χ0v) is 25.6. The van der Waals surface area contributed by atoms with Crippen LogP contribution >= 0.6 is 0 Å². The number of para-hydroxylation sites is 4. The molecular formula is C42H25N5O. The minimum absolute atomic E-state index is 0.592. The molecule has 0 fully saturated rings. The molecule has 0 amide bonds. The molecule has 0 aliphatic rings. The largest absolute Gasteiger partial charge is 0.456 e. The lowest BCUT2D eigenvalue weighted by Crippen LogP contribution is -2.00. The normalized spacial score (nSPS) is 11.8. The maximum absolute atomic E-state index is 6.22. The number of hydrogen-bond acceptors (Lipinski definition) is 5. The summed E-state index contributed by atoms with van der Waals surface area (Å²) in [6, 6.07) is 51.6. The monoisotopic (exact) mass is 615 g/mol. The first kappa shape index (κ1) is 26.5. The van der Waals surface area contributed by atoms with E-state index in [0.29, 0.717) is 17.5 Å². The van der Waals surface area contributed by atoms with Gasteiger partial charge in [0.15, 0.2) is 17.5 Å². The Morgan fingerprint density at radius 1 is 0.438 bits per heavy atom. The Balaban J connectivity index is 1.21. The van der Waals surface area contributed by atoms with E-state index in [0.717, 1.165) is 77.3 Å². The summed E-state index contributed by atoms with van der Waals surface area (Å²) in [5.41, 5.74) is 10.5. The Morgan fingerprint density at radius 2 is 1.10 bits per heavy atom. The molecule has 6 aromatic carbocycles. The number of imidazole rings is 1. The fourth-order valence-corrected chi connectivity index (χ4v) is 6.82. The summed E-state index contributed by atoms with van der Waals surface area (Å²) < 4.78 is 8.48. The van der Waals surface area contributed by atoms with Gasteiger partial charge in [0.1, 0.15) is 16.8 Å². The van der Waals surface area contributed by atoms with Gasteiger partial charge in [0.2, 0.25) is 0 Å². The molecule has 10 rings (SSSR count). The van der Waals surface area contributed by atoms with Gasteiger partial charge < -0.3 is 4.42 Å². The number of aromatic nitrogens is 5. The van der Waals surface area contributed by atoms with Crippen LogP contribution in [0.15, 0.2) is 156 Å². The summed E-state index contributed by atoms with van der Waals surface area (Å²) >= 11 is 0. The highest BCUT2D eigenvalue weighted by Crippen LogP contribution is 2.37. The number of benzene rings is 6. The molecule has 0 aliphatic heterocycles. The Bertz CT molecular complexity index is 2850. The van der Waals surface area contributed by atoms with E-state index < -0.39 is 0 Å². The highest BCUT2D eigenvalue weighted by atomic mass is 16.3. The third kappa shape index (κ3) is 4.13. The predicted molar refractivity (Wildman–Crippen MR) is 193 cm³/mol. The third-order valence-corrected chi connectivity index (χ3v) is 9.02. The van der Waals surface area contributed by atoms with Gasteiger partial charge in [0, 0.05) is 33.0 Å². The molecule has 4 heterocycles. The third-order valence-electron chi connectivity index (χ3n) is 9.02. The predicted octanol–water partition coefficient (Wildman–Crippen LogP) is 10.4. The molecule has 4 aromatic heterocycles. The molecule has 0 saturated carbocycles. The number of rotatable bonds is 4. The van der Waals surface area contributed by atoms with Crippen molar-refractivity contribution >= 4 is 49.5 Å². The maximum Gasteiger partial charge on any atom is 0.164 e. The van der Waals surface area contributed by atoms with Crippen LogP contribution in [-0.4, -0.2) is 24.3 Å². The summed E-state index contributed by atoms with van der Waals surface area (Å²) in [4.78, 5) is 20.3. The van der Waals surface area contributed by atoms with Crippen LogP contribution in [0, 0.1) is 0 Å². The summed E-state index contributed by atoms with van der Waals surface area (Å²) in [6.45, 7) is 0. The molecule has 0 radical (unpaired) electrons. The van der Waals surface area contributed by atoms with Crippen LogP contribution in [0.4, 0.5) is 0 Å². The molecule has 10 aromatic rings. The standard InChI is InChI=1S/C42H25N5O/c1-2-12-26(13-3-1)39-44-40(46-41(45-39)31-18-11-23-37-38(31)30-17-5-9-22-36(30)48-37)29-16-10-15-27(24-29)32-25-28-14-4-7-20-34(28)47-35-21-8-6-19-33(35)43-42(32)47/h1-25H. The lowest BCUT2D eigenvalue weighted by atomic mass is 10.0. The lowest BCUT2D eigenvalue weighted by molar-refractivity contribution is 0.669. The lowest BCUT2D eigenvalue weighted by Gasteiger charge is -2.12. The van der Waals surface area contributed by atoms with Crippen LogP contribution in [0.2, 0.25) is 0 Å². The molecule has 0 spiro atoms. The highest BCUT2D eigenvalue weighted by molar-refractivity contribution is 6.11. The van der Waals surface area contributed by atoms with Gasteiger partial charge in [0.05, 0.1) is 16.6 Å². The zero-order valence-electron chi connectivity index (χ0n) is 25.6.